The maximum Gasteiger partial charge on any atom is 0.419 e. The van der Waals surface area contributed by atoms with Crippen molar-refractivity contribution in [1.82, 2.24) is 9.97 Å². The highest BCUT2D eigenvalue weighted by atomic mass is 19.4. The second kappa shape index (κ2) is 7.75. The first-order valence-corrected chi connectivity index (χ1v) is 10.1. The van der Waals surface area contributed by atoms with E-state index in [9.17, 15) is 36.6 Å². The highest BCUT2D eigenvalue weighted by Gasteiger charge is 2.62. The van der Waals surface area contributed by atoms with Gasteiger partial charge in [-0.3, -0.25) is 0 Å². The Hall–Kier alpha value is -3.08. The van der Waals surface area contributed by atoms with Gasteiger partial charge in [0.2, 0.25) is 0 Å². The Labute approximate surface area is 184 Å². The Morgan fingerprint density at radius 1 is 1.18 bits per heavy atom. The van der Waals surface area contributed by atoms with Crippen LogP contribution in [0.15, 0.2) is 24.4 Å². The third kappa shape index (κ3) is 3.54. The van der Waals surface area contributed by atoms with Crippen molar-refractivity contribution in [2.45, 2.75) is 50.4 Å². The summed E-state index contributed by atoms with van der Waals surface area (Å²) in [5, 5.41) is 23.6. The molecule has 1 aliphatic rings. The van der Waals surface area contributed by atoms with Crippen molar-refractivity contribution in [2.75, 3.05) is 5.32 Å². The zero-order chi connectivity index (χ0) is 24.3. The molecule has 0 saturated heterocycles. The third-order valence-electron chi connectivity index (χ3n) is 6.13. The van der Waals surface area contributed by atoms with Crippen LogP contribution in [0.4, 0.5) is 32.0 Å². The predicted octanol–water partition coefficient (Wildman–Crippen LogP) is 5.41. The topological polar surface area (TPSA) is 78.3 Å². The van der Waals surface area contributed by atoms with Gasteiger partial charge in [0.05, 0.1) is 6.04 Å². The molecule has 33 heavy (non-hydrogen) atoms. The number of aryl methyl sites for hydroxylation is 1. The highest BCUT2D eigenvalue weighted by Crippen LogP contribution is 2.55. The summed E-state index contributed by atoms with van der Waals surface area (Å²) in [7, 11) is 0. The number of hydrogen-bond donors (Lipinski definition) is 3. The van der Waals surface area contributed by atoms with Crippen LogP contribution < -0.4 is 5.32 Å². The van der Waals surface area contributed by atoms with E-state index in [1.807, 2.05) is 0 Å². The number of phenols is 1. The number of nitrogens with zero attached hydrogens (tertiary/aromatic N) is 2. The van der Waals surface area contributed by atoms with Crippen LogP contribution in [0.1, 0.15) is 48.7 Å². The number of phenolic OH excluding ortho intramolecular Hbond substituents is 1. The molecule has 11 heteroatoms. The fourth-order valence-corrected chi connectivity index (χ4v) is 4.45. The number of alkyl halides is 3. The quantitative estimate of drug-likeness (QED) is 0.446. The number of rotatable bonds is 3. The van der Waals surface area contributed by atoms with E-state index in [0.717, 1.165) is 18.3 Å². The van der Waals surface area contributed by atoms with Crippen LogP contribution in [0.25, 0.3) is 10.9 Å². The standard InChI is InChI=1S/C22H19F6N3O2/c1-3-10-7-21(33,22(26,27)28)20(11-4-5-13(23)19(32)16(10)11)31-15-6-14(24)17(25)18-12(15)8-29-9(2)30-18/h4-6,8,10,20,31-33H,3,7H2,1-2H3/t10-,20+,21+/m1/s1. The molecule has 0 aliphatic heterocycles. The molecule has 3 aromatic rings. The molecule has 2 aromatic carbocycles. The van der Waals surface area contributed by atoms with E-state index in [0.29, 0.717) is 6.07 Å². The van der Waals surface area contributed by atoms with Crippen molar-refractivity contribution in [3.05, 3.63) is 58.8 Å². The van der Waals surface area contributed by atoms with Gasteiger partial charge in [0, 0.05) is 28.9 Å². The average Bonchev–Trinajstić information content (AvgIpc) is 2.74. The molecular weight excluding hydrogens is 452 g/mol. The first-order valence-electron chi connectivity index (χ1n) is 10.1. The largest absolute Gasteiger partial charge is 0.505 e. The second-order valence-electron chi connectivity index (χ2n) is 8.11. The van der Waals surface area contributed by atoms with E-state index < -0.39 is 58.9 Å². The second-order valence-corrected chi connectivity index (χ2v) is 8.11. The van der Waals surface area contributed by atoms with Crippen LogP contribution in [0.2, 0.25) is 0 Å². The van der Waals surface area contributed by atoms with Crippen LogP contribution in [-0.4, -0.2) is 32.0 Å². The van der Waals surface area contributed by atoms with Gasteiger partial charge in [0.25, 0.3) is 0 Å². The van der Waals surface area contributed by atoms with E-state index in [2.05, 4.69) is 15.3 Å². The van der Waals surface area contributed by atoms with Gasteiger partial charge in [-0.25, -0.2) is 23.1 Å². The molecule has 1 heterocycles. The fourth-order valence-electron chi connectivity index (χ4n) is 4.45. The lowest BCUT2D eigenvalue weighted by molar-refractivity contribution is -0.272. The van der Waals surface area contributed by atoms with E-state index in [-0.39, 0.29) is 34.4 Å². The molecule has 3 N–H and O–H groups in total. The minimum absolute atomic E-state index is 0.0797. The number of anilines is 1. The molecule has 1 aromatic heterocycles. The number of aliphatic hydroxyl groups is 1. The Morgan fingerprint density at radius 3 is 2.52 bits per heavy atom. The summed E-state index contributed by atoms with van der Waals surface area (Å²) in [5.41, 5.74) is -4.42. The SMILES string of the molecule is CC[C@@H]1C[C@@](O)(C(F)(F)F)[C@@H](Nc2cc(F)c(F)c3nc(C)ncc23)c2ccc(F)c(O)c21. The summed E-state index contributed by atoms with van der Waals surface area (Å²) >= 11 is 0. The van der Waals surface area contributed by atoms with Crippen molar-refractivity contribution in [3.8, 4) is 5.75 Å². The molecule has 0 fully saturated rings. The maximum atomic E-state index is 14.3. The summed E-state index contributed by atoms with van der Waals surface area (Å²) in [6, 6.07) is 0.481. The Kier molecular flexibility index (Phi) is 5.43. The molecule has 0 unspecified atom stereocenters. The molecule has 5 nitrogen and oxygen atoms in total. The Morgan fingerprint density at radius 2 is 1.88 bits per heavy atom. The lowest BCUT2D eigenvalue weighted by Crippen LogP contribution is -2.55. The number of fused-ring (bicyclic) bond motifs is 2. The normalized spacial score (nSPS) is 22.9. The zero-order valence-electron chi connectivity index (χ0n) is 17.4. The van der Waals surface area contributed by atoms with Crippen molar-refractivity contribution in [2.24, 2.45) is 0 Å². The third-order valence-corrected chi connectivity index (χ3v) is 6.13. The summed E-state index contributed by atoms with van der Waals surface area (Å²) in [6.45, 7) is 2.98. The van der Waals surface area contributed by atoms with E-state index in [1.54, 1.807) is 6.92 Å². The van der Waals surface area contributed by atoms with E-state index in [1.165, 1.54) is 6.92 Å². The predicted molar refractivity (Wildman–Crippen MR) is 107 cm³/mol. The zero-order valence-corrected chi connectivity index (χ0v) is 17.4. The van der Waals surface area contributed by atoms with Gasteiger partial charge in [-0.1, -0.05) is 13.0 Å². The minimum atomic E-state index is -5.15. The molecule has 0 saturated carbocycles. The molecule has 4 rings (SSSR count). The maximum absolute atomic E-state index is 14.3. The first-order chi connectivity index (χ1) is 15.4. The fraction of sp³-hybridized carbons (Fsp3) is 0.364. The van der Waals surface area contributed by atoms with Crippen molar-refractivity contribution in [1.29, 1.82) is 0 Å². The molecule has 176 valence electrons. The minimum Gasteiger partial charge on any atom is -0.505 e. The summed E-state index contributed by atoms with van der Waals surface area (Å²) in [4.78, 5) is 7.73. The lowest BCUT2D eigenvalue weighted by Gasteiger charge is -2.45. The number of aromatic hydroxyl groups is 1. The monoisotopic (exact) mass is 471 g/mol. The number of halogens is 6. The van der Waals surface area contributed by atoms with Gasteiger partial charge < -0.3 is 15.5 Å². The molecule has 0 bridgehead atoms. The van der Waals surface area contributed by atoms with Gasteiger partial charge in [-0.05, 0) is 37.3 Å². The van der Waals surface area contributed by atoms with E-state index >= 15 is 0 Å². The summed E-state index contributed by atoms with van der Waals surface area (Å²) < 4.78 is 85.3. The number of nitrogens with one attached hydrogen (secondary N) is 1. The molecule has 1 aliphatic carbocycles. The van der Waals surface area contributed by atoms with Gasteiger partial charge >= 0.3 is 6.18 Å². The smallest absolute Gasteiger partial charge is 0.419 e. The van der Waals surface area contributed by atoms with Gasteiger partial charge in [0.15, 0.2) is 28.8 Å². The highest BCUT2D eigenvalue weighted by molar-refractivity contribution is 5.91. The number of benzene rings is 2. The molecule has 0 radical (unpaired) electrons. The summed E-state index contributed by atoms with van der Waals surface area (Å²) in [6.07, 6.45) is -4.83. The van der Waals surface area contributed by atoms with Gasteiger partial charge in [-0.2, -0.15) is 13.2 Å². The van der Waals surface area contributed by atoms with E-state index in [4.69, 9.17) is 0 Å². The lowest BCUT2D eigenvalue weighted by atomic mass is 9.69. The van der Waals surface area contributed by atoms with Crippen molar-refractivity contribution in [3.63, 3.8) is 0 Å². The molecule has 0 amide bonds. The van der Waals surface area contributed by atoms with Crippen LogP contribution in [0.5, 0.6) is 5.75 Å². The van der Waals surface area contributed by atoms with Crippen LogP contribution in [0.3, 0.4) is 0 Å². The summed E-state index contributed by atoms with van der Waals surface area (Å²) in [5.74, 6) is -5.41. The van der Waals surface area contributed by atoms with Crippen LogP contribution in [0, 0.1) is 24.4 Å². The van der Waals surface area contributed by atoms with Crippen LogP contribution >= 0.6 is 0 Å². The van der Waals surface area contributed by atoms with Gasteiger partial charge in [0.1, 0.15) is 11.3 Å². The molecule has 3 atom stereocenters. The average molecular weight is 471 g/mol. The first kappa shape index (κ1) is 23.1. The Bertz CT molecular complexity index is 1250. The van der Waals surface area contributed by atoms with Crippen molar-refractivity contribution < 1.29 is 36.6 Å². The van der Waals surface area contributed by atoms with Crippen molar-refractivity contribution >= 4 is 16.6 Å². The molecular formula is C22H19F6N3O2. The Balaban J connectivity index is 1.97. The van der Waals surface area contributed by atoms with Gasteiger partial charge in [-0.15, -0.1) is 0 Å². The van der Waals surface area contributed by atoms with Crippen LogP contribution in [-0.2, 0) is 0 Å². The molecule has 0 spiro atoms. The number of hydrogen-bond acceptors (Lipinski definition) is 5. The number of aromatic nitrogens is 2.